The Balaban J connectivity index is 3.58. The summed E-state index contributed by atoms with van der Waals surface area (Å²) in [7, 11) is -3.57. The molecular formula is C12H17ClN4O2S. The van der Waals surface area contributed by atoms with Gasteiger partial charge in [-0.15, -0.1) is 0 Å². The Labute approximate surface area is 123 Å². The van der Waals surface area contributed by atoms with Gasteiger partial charge in [0.15, 0.2) is 9.84 Å². The van der Waals surface area contributed by atoms with E-state index in [-0.39, 0.29) is 21.9 Å². The lowest BCUT2D eigenvalue weighted by molar-refractivity contribution is 0.607. The second kappa shape index (κ2) is 6.32. The summed E-state index contributed by atoms with van der Waals surface area (Å²) in [5.41, 5.74) is 6.97. The Hall–Kier alpha value is -1.47. The smallest absolute Gasteiger partial charge is 0.222 e. The van der Waals surface area contributed by atoms with Gasteiger partial charge in [-0.1, -0.05) is 0 Å². The Bertz CT molecular complexity index is 666. The highest BCUT2D eigenvalue weighted by atomic mass is 35.5. The molecule has 0 radical (unpaired) electrons. The quantitative estimate of drug-likeness (QED) is 0.672. The van der Waals surface area contributed by atoms with Crippen LogP contribution in [0.1, 0.15) is 25.1 Å². The van der Waals surface area contributed by atoms with Gasteiger partial charge in [-0.05, 0) is 37.9 Å². The molecule has 0 aromatic carbocycles. The minimum Gasteiger partial charge on any atom is -0.389 e. The van der Waals surface area contributed by atoms with Crippen LogP contribution in [0.5, 0.6) is 0 Å². The van der Waals surface area contributed by atoms with Crippen molar-refractivity contribution in [3.8, 4) is 0 Å². The van der Waals surface area contributed by atoms with Crippen molar-refractivity contribution in [3.63, 3.8) is 0 Å². The minimum absolute atomic E-state index is 0.00465. The average Bonchev–Trinajstić information content (AvgIpc) is 2.31. The number of aromatic nitrogens is 2. The van der Waals surface area contributed by atoms with Gasteiger partial charge in [0.25, 0.3) is 0 Å². The third-order valence-corrected chi connectivity index (χ3v) is 3.57. The lowest BCUT2D eigenvalue weighted by Crippen LogP contribution is -2.15. The first-order chi connectivity index (χ1) is 9.12. The van der Waals surface area contributed by atoms with E-state index in [1.807, 2.05) is 13.8 Å². The van der Waals surface area contributed by atoms with E-state index in [4.69, 9.17) is 17.3 Å². The highest BCUT2D eigenvalue weighted by Crippen LogP contribution is 2.20. The van der Waals surface area contributed by atoms with Crippen molar-refractivity contribution in [1.82, 2.24) is 9.97 Å². The molecule has 1 aromatic heterocycles. The van der Waals surface area contributed by atoms with E-state index >= 15 is 0 Å². The van der Waals surface area contributed by atoms with E-state index in [0.717, 1.165) is 6.26 Å². The monoisotopic (exact) mass is 316 g/mol. The molecule has 1 aromatic rings. The Morgan fingerprint density at radius 1 is 1.50 bits per heavy atom. The second-order valence-corrected chi connectivity index (χ2v) is 6.91. The molecule has 0 fully saturated rings. The summed E-state index contributed by atoms with van der Waals surface area (Å²) >= 11 is 5.76. The van der Waals surface area contributed by atoms with Gasteiger partial charge in [0, 0.05) is 24.7 Å². The molecule has 0 saturated heterocycles. The van der Waals surface area contributed by atoms with Crippen LogP contribution in [0.3, 0.4) is 0 Å². The molecule has 0 atom stereocenters. The van der Waals surface area contributed by atoms with Gasteiger partial charge in [0.1, 0.15) is 5.03 Å². The van der Waals surface area contributed by atoms with Crippen LogP contribution in [0, 0.1) is 6.92 Å². The summed E-state index contributed by atoms with van der Waals surface area (Å²) in [5.74, 6) is 0. The number of nitrogens with two attached hydrogens (primary N) is 1. The van der Waals surface area contributed by atoms with E-state index in [1.54, 1.807) is 6.92 Å². The van der Waals surface area contributed by atoms with Crippen LogP contribution in [0.4, 0.5) is 0 Å². The van der Waals surface area contributed by atoms with Gasteiger partial charge < -0.3 is 5.73 Å². The van der Waals surface area contributed by atoms with Crippen LogP contribution in [0.25, 0.3) is 5.57 Å². The van der Waals surface area contributed by atoms with Crippen molar-refractivity contribution in [2.24, 2.45) is 10.7 Å². The number of aliphatic imine (C=N–C) groups is 1. The van der Waals surface area contributed by atoms with E-state index in [2.05, 4.69) is 15.0 Å². The third kappa shape index (κ3) is 4.28. The van der Waals surface area contributed by atoms with Crippen molar-refractivity contribution in [2.45, 2.75) is 26.8 Å². The average molecular weight is 317 g/mol. The molecule has 110 valence electrons. The number of halogens is 1. The topological polar surface area (TPSA) is 98.3 Å². The van der Waals surface area contributed by atoms with E-state index in [1.165, 1.54) is 12.4 Å². The number of hydrogen-bond acceptors (Lipinski definition) is 6. The normalized spacial score (nSPS) is 13.9. The molecule has 0 bridgehead atoms. The molecule has 0 spiro atoms. The largest absolute Gasteiger partial charge is 0.389 e. The predicted octanol–water partition coefficient (Wildman–Crippen LogP) is 1.59. The van der Waals surface area contributed by atoms with E-state index < -0.39 is 9.84 Å². The summed E-state index contributed by atoms with van der Waals surface area (Å²) in [6.45, 7) is 5.47. The highest BCUT2D eigenvalue weighted by molar-refractivity contribution is 7.94. The Morgan fingerprint density at radius 3 is 2.60 bits per heavy atom. The predicted molar refractivity (Wildman–Crippen MR) is 81.4 cm³/mol. The van der Waals surface area contributed by atoms with Crippen LogP contribution in [0.15, 0.2) is 16.2 Å². The molecule has 1 heterocycles. The molecule has 0 unspecified atom stereocenters. The molecule has 0 aliphatic carbocycles. The second-order valence-electron chi connectivity index (χ2n) is 4.59. The van der Waals surface area contributed by atoms with Gasteiger partial charge in [0.05, 0.1) is 11.3 Å². The number of hydrogen-bond donors (Lipinski definition) is 1. The van der Waals surface area contributed by atoms with Crippen LogP contribution in [-0.2, 0) is 9.84 Å². The molecule has 1 rings (SSSR count). The van der Waals surface area contributed by atoms with Crippen molar-refractivity contribution in [2.75, 3.05) is 6.26 Å². The van der Waals surface area contributed by atoms with Gasteiger partial charge in [-0.25, -0.2) is 18.4 Å². The van der Waals surface area contributed by atoms with Crippen LogP contribution in [0.2, 0.25) is 5.28 Å². The molecule has 8 heteroatoms. The first-order valence-corrected chi connectivity index (χ1v) is 8.12. The maximum atomic E-state index is 11.7. The van der Waals surface area contributed by atoms with Gasteiger partial charge >= 0.3 is 0 Å². The molecule has 6 nitrogen and oxygen atoms in total. The lowest BCUT2D eigenvalue weighted by atomic mass is 10.1. The maximum absolute atomic E-state index is 11.7. The highest BCUT2D eigenvalue weighted by Gasteiger charge is 2.17. The molecule has 0 amide bonds. The van der Waals surface area contributed by atoms with Crippen LogP contribution in [-0.4, -0.2) is 36.9 Å². The molecule has 0 saturated carbocycles. The van der Waals surface area contributed by atoms with Gasteiger partial charge in [-0.3, -0.25) is 4.99 Å². The van der Waals surface area contributed by atoms with Crippen molar-refractivity contribution in [1.29, 1.82) is 0 Å². The van der Waals surface area contributed by atoms with Crippen molar-refractivity contribution >= 4 is 33.2 Å². The zero-order valence-corrected chi connectivity index (χ0v) is 13.3. The minimum atomic E-state index is -3.57. The number of rotatable bonds is 4. The summed E-state index contributed by atoms with van der Waals surface area (Å²) < 4.78 is 23.3. The molecule has 20 heavy (non-hydrogen) atoms. The molecule has 0 aliphatic heterocycles. The number of allylic oxidation sites excluding steroid dienone is 1. The van der Waals surface area contributed by atoms with Crippen LogP contribution < -0.4 is 5.73 Å². The Kier molecular flexibility index (Phi) is 5.24. The van der Waals surface area contributed by atoms with E-state index in [9.17, 15) is 8.42 Å². The summed E-state index contributed by atoms with van der Waals surface area (Å²) in [4.78, 5) is 12.1. The fourth-order valence-corrected chi connectivity index (χ4v) is 2.04. The number of nitrogens with zero attached hydrogens (tertiary/aromatic N) is 3. The number of sulfone groups is 1. The molecule has 0 aliphatic rings. The first-order valence-electron chi connectivity index (χ1n) is 5.85. The zero-order valence-electron chi connectivity index (χ0n) is 11.8. The van der Waals surface area contributed by atoms with Crippen LogP contribution >= 0.6 is 11.6 Å². The summed E-state index contributed by atoms with van der Waals surface area (Å²) in [6, 6.07) is -0.00465. The standard InChI is InChI=1S/C12H17ClN4O2S/c1-7(2)15-6-9(11(14)20(4,18)19)10-8(3)5-16-12(13)17-10/h5-7H,14H2,1-4H3. The van der Waals surface area contributed by atoms with Crippen molar-refractivity contribution < 1.29 is 8.42 Å². The fraction of sp³-hybridized carbons (Fsp3) is 0.417. The zero-order chi connectivity index (χ0) is 15.5. The summed E-state index contributed by atoms with van der Waals surface area (Å²) in [6.07, 6.45) is 3.94. The summed E-state index contributed by atoms with van der Waals surface area (Å²) in [5, 5.41) is -0.276. The Morgan fingerprint density at radius 2 is 2.10 bits per heavy atom. The van der Waals surface area contributed by atoms with Gasteiger partial charge in [0.2, 0.25) is 5.28 Å². The fourth-order valence-electron chi connectivity index (χ4n) is 1.36. The number of aryl methyl sites for hydroxylation is 1. The maximum Gasteiger partial charge on any atom is 0.222 e. The van der Waals surface area contributed by atoms with E-state index in [0.29, 0.717) is 11.3 Å². The van der Waals surface area contributed by atoms with Gasteiger partial charge in [-0.2, -0.15) is 0 Å². The van der Waals surface area contributed by atoms with Crippen molar-refractivity contribution in [3.05, 3.63) is 27.8 Å². The first kappa shape index (κ1) is 16.6. The SMILES string of the molecule is Cc1cnc(Cl)nc1C(C=NC(C)C)=C(N)S(C)(=O)=O. The molecule has 2 N–H and O–H groups in total. The lowest BCUT2D eigenvalue weighted by Gasteiger charge is -2.09. The third-order valence-electron chi connectivity index (χ3n) is 2.36. The molecular weight excluding hydrogens is 300 g/mol.